The van der Waals surface area contributed by atoms with Crippen molar-refractivity contribution in [3.63, 3.8) is 0 Å². The molecule has 2 aromatic heterocycles. The Kier molecular flexibility index (Phi) is 4.08. The van der Waals surface area contributed by atoms with Gasteiger partial charge in [0.2, 0.25) is 5.95 Å². The Morgan fingerprint density at radius 2 is 2.04 bits per heavy atom. The lowest BCUT2D eigenvalue weighted by Crippen LogP contribution is -2.19. The summed E-state index contributed by atoms with van der Waals surface area (Å²) in [6, 6.07) is 9.91. The van der Waals surface area contributed by atoms with Gasteiger partial charge in [0.25, 0.3) is 0 Å². The molecular weight excluding hydrogens is 322 g/mol. The first-order valence-corrected chi connectivity index (χ1v) is 8.13. The normalized spacial score (nSPS) is 23.4. The molecule has 8 nitrogen and oxygen atoms in total. The molecule has 3 unspecified atom stereocenters. The zero-order valence-corrected chi connectivity index (χ0v) is 13.5. The molecule has 1 fully saturated rings. The average Bonchev–Trinajstić information content (AvgIpc) is 3.18. The maximum atomic E-state index is 10.2. The molecule has 1 aromatic carbocycles. The van der Waals surface area contributed by atoms with E-state index in [0.29, 0.717) is 24.0 Å². The van der Waals surface area contributed by atoms with Crippen molar-refractivity contribution in [2.45, 2.75) is 31.3 Å². The zero-order chi connectivity index (χ0) is 17.4. The molecule has 0 aliphatic carbocycles. The van der Waals surface area contributed by atoms with Crippen LogP contribution in [-0.2, 0) is 11.2 Å². The lowest BCUT2D eigenvalue weighted by molar-refractivity contribution is -0.0486. The van der Waals surface area contributed by atoms with Crippen LogP contribution in [0, 0.1) is 0 Å². The summed E-state index contributed by atoms with van der Waals surface area (Å²) in [4.78, 5) is 13.0. The molecule has 3 heterocycles. The summed E-state index contributed by atoms with van der Waals surface area (Å²) in [6.45, 7) is -0.142. The van der Waals surface area contributed by atoms with Crippen molar-refractivity contribution in [1.82, 2.24) is 19.5 Å². The van der Waals surface area contributed by atoms with Crippen molar-refractivity contribution in [2.75, 3.05) is 12.3 Å². The average molecular weight is 341 g/mol. The number of ether oxygens (including phenoxy) is 1. The fourth-order valence-electron chi connectivity index (χ4n) is 3.19. The topological polar surface area (TPSA) is 119 Å². The van der Waals surface area contributed by atoms with Crippen LogP contribution in [0.15, 0.2) is 36.7 Å². The third kappa shape index (κ3) is 2.95. The number of aromatic nitrogens is 4. The molecule has 0 radical (unpaired) electrons. The number of nitrogens with zero attached hydrogens (tertiary/aromatic N) is 4. The number of nitrogen functional groups attached to an aromatic ring is 1. The van der Waals surface area contributed by atoms with Crippen LogP contribution in [0.25, 0.3) is 11.2 Å². The lowest BCUT2D eigenvalue weighted by atomic mass is 10.1. The second-order valence-corrected chi connectivity index (χ2v) is 6.15. The number of hydrogen-bond acceptors (Lipinski definition) is 7. The second-order valence-electron chi connectivity index (χ2n) is 6.15. The highest BCUT2D eigenvalue weighted by molar-refractivity contribution is 5.75. The molecule has 0 amide bonds. The van der Waals surface area contributed by atoms with E-state index in [9.17, 15) is 10.2 Å². The van der Waals surface area contributed by atoms with Crippen molar-refractivity contribution >= 4 is 17.1 Å². The molecule has 8 heteroatoms. The smallest absolute Gasteiger partial charge is 0.222 e. The minimum absolute atomic E-state index is 0.142. The molecule has 1 saturated heterocycles. The molecule has 3 atom stereocenters. The van der Waals surface area contributed by atoms with Crippen LogP contribution in [0.1, 0.15) is 23.9 Å². The molecule has 1 aliphatic rings. The van der Waals surface area contributed by atoms with Gasteiger partial charge in [0.05, 0.1) is 24.7 Å². The Morgan fingerprint density at radius 1 is 1.24 bits per heavy atom. The summed E-state index contributed by atoms with van der Waals surface area (Å²) in [6.07, 6.45) is 0.706. The molecule has 0 saturated carbocycles. The molecular formula is C17H19N5O3. The lowest BCUT2D eigenvalue weighted by Gasteiger charge is -2.16. The predicted octanol–water partition coefficient (Wildman–Crippen LogP) is 0.640. The van der Waals surface area contributed by atoms with E-state index in [0.717, 1.165) is 11.3 Å². The molecule has 25 heavy (non-hydrogen) atoms. The van der Waals surface area contributed by atoms with Crippen molar-refractivity contribution < 1.29 is 14.9 Å². The largest absolute Gasteiger partial charge is 0.394 e. The van der Waals surface area contributed by atoms with Crippen LogP contribution in [0.3, 0.4) is 0 Å². The number of hydrogen-bond donors (Lipinski definition) is 3. The Balaban J connectivity index is 1.74. The van der Waals surface area contributed by atoms with Gasteiger partial charge in [0.1, 0.15) is 11.6 Å². The Labute approximate surface area is 143 Å². The quantitative estimate of drug-likeness (QED) is 0.637. The van der Waals surface area contributed by atoms with Gasteiger partial charge in [-0.1, -0.05) is 30.3 Å². The van der Waals surface area contributed by atoms with Crippen LogP contribution < -0.4 is 5.73 Å². The Hall–Kier alpha value is -2.55. The van der Waals surface area contributed by atoms with Gasteiger partial charge in [-0.05, 0) is 5.56 Å². The molecule has 4 rings (SSSR count). The van der Waals surface area contributed by atoms with Crippen LogP contribution >= 0.6 is 0 Å². The number of imidazole rings is 1. The second kappa shape index (κ2) is 6.40. The van der Waals surface area contributed by atoms with Crippen LogP contribution in [0.5, 0.6) is 0 Å². The van der Waals surface area contributed by atoms with Gasteiger partial charge in [-0.25, -0.2) is 9.97 Å². The van der Waals surface area contributed by atoms with Gasteiger partial charge in [0, 0.05) is 12.8 Å². The van der Waals surface area contributed by atoms with Gasteiger partial charge in [-0.3, -0.25) is 4.57 Å². The highest BCUT2D eigenvalue weighted by Gasteiger charge is 2.36. The van der Waals surface area contributed by atoms with Crippen molar-refractivity contribution in [1.29, 1.82) is 0 Å². The van der Waals surface area contributed by atoms with Crippen LogP contribution in [0.4, 0.5) is 5.95 Å². The van der Waals surface area contributed by atoms with Crippen LogP contribution in [0.2, 0.25) is 0 Å². The third-order valence-corrected chi connectivity index (χ3v) is 4.37. The number of nitrogens with two attached hydrogens (primary N) is 1. The number of aliphatic hydroxyl groups excluding tert-OH is 2. The van der Waals surface area contributed by atoms with Crippen molar-refractivity contribution in [2.24, 2.45) is 0 Å². The zero-order valence-electron chi connectivity index (χ0n) is 13.5. The first kappa shape index (κ1) is 15.9. The number of anilines is 1. The van der Waals surface area contributed by atoms with E-state index in [1.165, 1.54) is 0 Å². The predicted molar refractivity (Wildman–Crippen MR) is 90.6 cm³/mol. The summed E-state index contributed by atoms with van der Waals surface area (Å²) < 4.78 is 7.35. The van der Waals surface area contributed by atoms with E-state index in [4.69, 9.17) is 10.5 Å². The Morgan fingerprint density at radius 3 is 2.76 bits per heavy atom. The summed E-state index contributed by atoms with van der Waals surface area (Å²) in [5, 5.41) is 19.5. The summed E-state index contributed by atoms with van der Waals surface area (Å²) in [7, 11) is 0. The van der Waals surface area contributed by atoms with Crippen molar-refractivity contribution in [3.8, 4) is 0 Å². The summed E-state index contributed by atoms with van der Waals surface area (Å²) >= 11 is 0. The molecule has 4 N–H and O–H groups in total. The van der Waals surface area contributed by atoms with E-state index in [-0.39, 0.29) is 12.6 Å². The standard InChI is InChI=1S/C17H19N5O3/c18-17-20-12(6-10-4-2-1-3-5-10)14-15(21-17)22(9-19-14)16-13(24)7-11(8-23)25-16/h1-5,9,11,13,16,23-24H,6-8H2,(H2,18,20,21). The maximum Gasteiger partial charge on any atom is 0.222 e. The number of benzene rings is 1. The fourth-order valence-corrected chi connectivity index (χ4v) is 3.19. The Bertz CT molecular complexity index is 883. The molecule has 3 aromatic rings. The van der Waals surface area contributed by atoms with E-state index in [1.54, 1.807) is 10.9 Å². The molecule has 0 spiro atoms. The first-order valence-electron chi connectivity index (χ1n) is 8.13. The first-order chi connectivity index (χ1) is 12.2. The third-order valence-electron chi connectivity index (χ3n) is 4.37. The van der Waals surface area contributed by atoms with E-state index < -0.39 is 18.4 Å². The van der Waals surface area contributed by atoms with E-state index >= 15 is 0 Å². The van der Waals surface area contributed by atoms with Crippen LogP contribution in [-0.4, -0.2) is 48.5 Å². The van der Waals surface area contributed by atoms with Gasteiger partial charge >= 0.3 is 0 Å². The van der Waals surface area contributed by atoms with Crippen molar-refractivity contribution in [3.05, 3.63) is 47.9 Å². The van der Waals surface area contributed by atoms with E-state index in [2.05, 4.69) is 15.0 Å². The van der Waals surface area contributed by atoms with Gasteiger partial charge in [0.15, 0.2) is 11.9 Å². The van der Waals surface area contributed by atoms with Gasteiger partial charge < -0.3 is 20.7 Å². The monoisotopic (exact) mass is 341 g/mol. The fraction of sp³-hybridized carbons (Fsp3) is 0.353. The number of rotatable bonds is 4. The maximum absolute atomic E-state index is 10.2. The molecule has 130 valence electrons. The summed E-state index contributed by atoms with van der Waals surface area (Å²) in [5.41, 5.74) is 8.84. The molecule has 0 bridgehead atoms. The van der Waals surface area contributed by atoms with Gasteiger partial charge in [-0.2, -0.15) is 4.98 Å². The van der Waals surface area contributed by atoms with Gasteiger partial charge in [-0.15, -0.1) is 0 Å². The number of fused-ring (bicyclic) bond motifs is 1. The number of aliphatic hydroxyl groups is 2. The minimum atomic E-state index is -0.747. The van der Waals surface area contributed by atoms with E-state index in [1.807, 2.05) is 30.3 Å². The highest BCUT2D eigenvalue weighted by Crippen LogP contribution is 2.31. The SMILES string of the molecule is Nc1nc(Cc2ccccc2)c2ncn(C3OC(CO)CC3O)c2n1. The minimum Gasteiger partial charge on any atom is -0.394 e. The molecule has 1 aliphatic heterocycles. The summed E-state index contributed by atoms with van der Waals surface area (Å²) in [5.74, 6) is 0.145. The highest BCUT2D eigenvalue weighted by atomic mass is 16.5.